The smallest absolute Gasteiger partial charge is 0.146 e. The van der Waals surface area contributed by atoms with Gasteiger partial charge in [-0.1, -0.05) is 12.1 Å². The van der Waals surface area contributed by atoms with Gasteiger partial charge in [0.2, 0.25) is 0 Å². The van der Waals surface area contributed by atoms with Crippen molar-refractivity contribution in [1.29, 1.82) is 0 Å². The molecule has 0 amide bonds. The van der Waals surface area contributed by atoms with Gasteiger partial charge in [0.15, 0.2) is 0 Å². The molecule has 0 atom stereocenters. The van der Waals surface area contributed by atoms with E-state index in [4.69, 9.17) is 14.9 Å². The molecule has 0 radical (unpaired) electrons. The Morgan fingerprint density at radius 1 is 1.35 bits per heavy atom. The molecule has 17 heavy (non-hydrogen) atoms. The van der Waals surface area contributed by atoms with Crippen LogP contribution in [-0.4, -0.2) is 6.26 Å². The minimum atomic E-state index is 0.428. The van der Waals surface area contributed by atoms with E-state index in [-0.39, 0.29) is 0 Å². The van der Waals surface area contributed by atoms with Gasteiger partial charge in [0, 0.05) is 17.0 Å². The van der Waals surface area contributed by atoms with Gasteiger partial charge in [0.05, 0.1) is 6.26 Å². The lowest BCUT2D eigenvalue weighted by Gasteiger charge is -2.07. The Balaban J connectivity index is 2.01. The van der Waals surface area contributed by atoms with Gasteiger partial charge in [-0.05, 0) is 24.5 Å². The molecule has 0 aliphatic rings. The van der Waals surface area contributed by atoms with E-state index in [9.17, 15) is 0 Å². The lowest BCUT2D eigenvalue weighted by atomic mass is 10.3. The Kier molecular flexibility index (Phi) is 4.12. The van der Waals surface area contributed by atoms with E-state index in [1.807, 2.05) is 36.6 Å². The monoisotopic (exact) mass is 249 g/mol. The fourth-order valence-electron chi connectivity index (χ4n) is 1.50. The predicted octanol–water partition coefficient (Wildman–Crippen LogP) is 3.04. The molecule has 0 saturated heterocycles. The van der Waals surface area contributed by atoms with Gasteiger partial charge in [0.1, 0.15) is 18.1 Å². The van der Waals surface area contributed by atoms with Crippen molar-refractivity contribution in [2.24, 2.45) is 5.73 Å². The van der Waals surface area contributed by atoms with Crippen LogP contribution in [0.25, 0.3) is 0 Å². The average Bonchev–Trinajstić information content (AvgIpc) is 2.84. The van der Waals surface area contributed by atoms with E-state index >= 15 is 0 Å². The fourth-order valence-corrected chi connectivity index (χ4v) is 2.04. The molecule has 2 N–H and O–H groups in total. The molecule has 1 aromatic heterocycles. The largest absolute Gasteiger partial charge is 0.484 e. The normalized spacial score (nSPS) is 10.5. The van der Waals surface area contributed by atoms with E-state index < -0.39 is 0 Å². The lowest BCUT2D eigenvalue weighted by Crippen LogP contribution is -1.96. The first-order valence-corrected chi connectivity index (χ1v) is 6.58. The summed E-state index contributed by atoms with van der Waals surface area (Å²) in [6.07, 6.45) is 3.70. The Morgan fingerprint density at radius 2 is 2.18 bits per heavy atom. The summed E-state index contributed by atoms with van der Waals surface area (Å²) in [7, 11) is 0. The molecule has 0 spiro atoms. The standard InChI is InChI=1S/C13H15NO2S/c1-17-13-5-3-2-4-12(13)16-9-11-6-10(7-14)8-15-11/h2-6,8H,7,9,14H2,1H3. The summed E-state index contributed by atoms with van der Waals surface area (Å²) in [6, 6.07) is 9.87. The second-order valence-corrected chi connectivity index (χ2v) is 4.41. The summed E-state index contributed by atoms with van der Waals surface area (Å²) in [6.45, 7) is 0.919. The van der Waals surface area contributed by atoms with Gasteiger partial charge >= 0.3 is 0 Å². The van der Waals surface area contributed by atoms with Crippen molar-refractivity contribution in [2.75, 3.05) is 6.26 Å². The van der Waals surface area contributed by atoms with Crippen LogP contribution >= 0.6 is 11.8 Å². The van der Waals surface area contributed by atoms with Crippen molar-refractivity contribution >= 4 is 11.8 Å². The third-order valence-corrected chi connectivity index (χ3v) is 3.16. The van der Waals surface area contributed by atoms with Crippen LogP contribution in [0.15, 0.2) is 45.9 Å². The molecular formula is C13H15NO2S. The van der Waals surface area contributed by atoms with Crippen molar-refractivity contribution in [1.82, 2.24) is 0 Å². The zero-order chi connectivity index (χ0) is 12.1. The van der Waals surface area contributed by atoms with Crippen LogP contribution in [-0.2, 0) is 13.2 Å². The fraction of sp³-hybridized carbons (Fsp3) is 0.231. The van der Waals surface area contributed by atoms with Crippen LogP contribution in [0, 0.1) is 0 Å². The number of nitrogens with two attached hydrogens (primary N) is 1. The Hall–Kier alpha value is -1.39. The van der Waals surface area contributed by atoms with Crippen LogP contribution in [0.2, 0.25) is 0 Å². The number of ether oxygens (including phenoxy) is 1. The molecule has 2 aromatic rings. The maximum atomic E-state index is 5.72. The van der Waals surface area contributed by atoms with Crippen molar-refractivity contribution < 1.29 is 9.15 Å². The first kappa shape index (κ1) is 12.1. The second kappa shape index (κ2) is 5.80. The average molecular weight is 249 g/mol. The van der Waals surface area contributed by atoms with Gasteiger partial charge in [-0.3, -0.25) is 0 Å². The highest BCUT2D eigenvalue weighted by atomic mass is 32.2. The van der Waals surface area contributed by atoms with Gasteiger partial charge in [-0.2, -0.15) is 0 Å². The maximum Gasteiger partial charge on any atom is 0.146 e. The van der Waals surface area contributed by atoms with Crippen LogP contribution < -0.4 is 10.5 Å². The summed E-state index contributed by atoms with van der Waals surface area (Å²) in [4.78, 5) is 1.12. The van der Waals surface area contributed by atoms with Crippen LogP contribution in [0.4, 0.5) is 0 Å². The van der Waals surface area contributed by atoms with Crippen molar-refractivity contribution in [3.05, 3.63) is 47.9 Å². The predicted molar refractivity (Wildman–Crippen MR) is 69.2 cm³/mol. The van der Waals surface area contributed by atoms with Gasteiger partial charge in [0.25, 0.3) is 0 Å². The lowest BCUT2D eigenvalue weighted by molar-refractivity contribution is 0.264. The Morgan fingerprint density at radius 3 is 2.88 bits per heavy atom. The summed E-state index contributed by atoms with van der Waals surface area (Å²) in [5.41, 5.74) is 6.50. The van der Waals surface area contributed by atoms with Crippen LogP contribution in [0.3, 0.4) is 0 Å². The van der Waals surface area contributed by atoms with Crippen molar-refractivity contribution in [2.45, 2.75) is 18.0 Å². The molecule has 1 heterocycles. The topological polar surface area (TPSA) is 48.4 Å². The minimum absolute atomic E-state index is 0.428. The minimum Gasteiger partial charge on any atom is -0.484 e. The van der Waals surface area contributed by atoms with E-state index in [0.717, 1.165) is 22.0 Å². The first-order valence-electron chi connectivity index (χ1n) is 5.35. The SMILES string of the molecule is CSc1ccccc1OCc1cc(CN)co1. The molecule has 1 aromatic carbocycles. The zero-order valence-electron chi connectivity index (χ0n) is 9.68. The number of hydrogen-bond donors (Lipinski definition) is 1. The highest BCUT2D eigenvalue weighted by Gasteiger charge is 2.04. The zero-order valence-corrected chi connectivity index (χ0v) is 10.5. The number of thioether (sulfide) groups is 1. The highest BCUT2D eigenvalue weighted by molar-refractivity contribution is 7.98. The molecule has 90 valence electrons. The number of para-hydroxylation sites is 1. The van der Waals surface area contributed by atoms with Crippen LogP contribution in [0.1, 0.15) is 11.3 Å². The number of furan rings is 1. The maximum absolute atomic E-state index is 5.72. The molecule has 0 aliphatic carbocycles. The van der Waals surface area contributed by atoms with E-state index in [0.29, 0.717) is 13.2 Å². The number of rotatable bonds is 5. The first-order chi connectivity index (χ1) is 8.33. The summed E-state index contributed by atoms with van der Waals surface area (Å²) >= 11 is 1.66. The molecule has 0 unspecified atom stereocenters. The summed E-state index contributed by atoms with van der Waals surface area (Å²) in [5.74, 6) is 1.67. The molecule has 0 aliphatic heterocycles. The summed E-state index contributed by atoms with van der Waals surface area (Å²) in [5, 5.41) is 0. The van der Waals surface area contributed by atoms with Gasteiger partial charge < -0.3 is 14.9 Å². The molecule has 4 heteroatoms. The number of hydrogen-bond acceptors (Lipinski definition) is 4. The quantitative estimate of drug-likeness (QED) is 0.827. The van der Waals surface area contributed by atoms with Crippen LogP contribution in [0.5, 0.6) is 5.75 Å². The molecule has 2 rings (SSSR count). The summed E-state index contributed by atoms with van der Waals surface area (Å²) < 4.78 is 11.1. The Bertz CT molecular complexity index is 482. The molecular weight excluding hydrogens is 234 g/mol. The van der Waals surface area contributed by atoms with Crippen molar-refractivity contribution in [3.63, 3.8) is 0 Å². The number of benzene rings is 1. The third kappa shape index (κ3) is 3.05. The van der Waals surface area contributed by atoms with Crippen molar-refractivity contribution in [3.8, 4) is 5.75 Å². The van der Waals surface area contributed by atoms with E-state index in [2.05, 4.69) is 0 Å². The van der Waals surface area contributed by atoms with Gasteiger partial charge in [-0.25, -0.2) is 0 Å². The highest BCUT2D eigenvalue weighted by Crippen LogP contribution is 2.27. The molecule has 0 fully saturated rings. The van der Waals surface area contributed by atoms with E-state index in [1.54, 1.807) is 18.0 Å². The molecule has 3 nitrogen and oxygen atoms in total. The third-order valence-electron chi connectivity index (χ3n) is 2.38. The van der Waals surface area contributed by atoms with E-state index in [1.165, 1.54) is 0 Å². The molecule has 0 saturated carbocycles. The van der Waals surface area contributed by atoms with Gasteiger partial charge in [-0.15, -0.1) is 11.8 Å². The second-order valence-electron chi connectivity index (χ2n) is 3.56. The Labute approximate surface area is 105 Å². The molecule has 0 bridgehead atoms.